The molecule has 1 saturated heterocycles. The van der Waals surface area contributed by atoms with Crippen molar-refractivity contribution in [2.75, 3.05) is 47.1 Å². The first-order valence-electron chi connectivity index (χ1n) is 20.3. The van der Waals surface area contributed by atoms with Crippen LogP contribution in [0.2, 0.25) is 0 Å². The number of benzene rings is 5. The average molecular weight is 825 g/mol. The molecule has 5 aromatic carbocycles. The summed E-state index contributed by atoms with van der Waals surface area (Å²) in [4.78, 5) is 17.8. The quantitative estimate of drug-likeness (QED) is 0.0338. The van der Waals surface area contributed by atoms with Gasteiger partial charge in [-0.2, -0.15) is 0 Å². The van der Waals surface area contributed by atoms with Crippen molar-refractivity contribution in [1.29, 1.82) is 0 Å². The van der Waals surface area contributed by atoms with Gasteiger partial charge in [-0.25, -0.2) is 4.84 Å². The molecule has 1 heterocycles. The van der Waals surface area contributed by atoms with Gasteiger partial charge in [0.05, 0.1) is 77.9 Å². The van der Waals surface area contributed by atoms with Crippen LogP contribution in [0.3, 0.4) is 0 Å². The lowest BCUT2D eigenvalue weighted by atomic mass is 9.85. The molecular formula is C47H56N2O11. The number of carbonyl (C=O) groups excluding carboxylic acids is 1. The van der Waals surface area contributed by atoms with Crippen LogP contribution in [-0.4, -0.2) is 87.2 Å². The van der Waals surface area contributed by atoms with E-state index in [-0.39, 0.29) is 43.2 Å². The lowest BCUT2D eigenvalue weighted by Crippen LogP contribution is -2.51. The van der Waals surface area contributed by atoms with E-state index in [1.54, 1.807) is 38.5 Å². The van der Waals surface area contributed by atoms with Crippen LogP contribution < -0.4 is 19.5 Å². The van der Waals surface area contributed by atoms with Crippen LogP contribution in [0.5, 0.6) is 17.2 Å². The Morgan fingerprint density at radius 1 is 0.767 bits per heavy atom. The zero-order chi connectivity index (χ0) is 42.1. The number of hydrogen-bond acceptors (Lipinski definition) is 13. The average Bonchev–Trinajstić information content (AvgIpc) is 3.27. The fourth-order valence-electron chi connectivity index (χ4n) is 7.37. The molecule has 0 bridgehead atoms. The van der Waals surface area contributed by atoms with Gasteiger partial charge in [-0.1, -0.05) is 85.8 Å². The van der Waals surface area contributed by atoms with E-state index < -0.39 is 12.1 Å². The number of hydrogen-bond donors (Lipinski definition) is 3. The van der Waals surface area contributed by atoms with Crippen LogP contribution in [-0.2, 0) is 54.8 Å². The Labute approximate surface area is 351 Å². The number of fused-ring (bicyclic) bond motifs is 1. The smallest absolute Gasteiger partial charge is 0.310 e. The van der Waals surface area contributed by atoms with Crippen molar-refractivity contribution in [3.8, 4) is 17.2 Å². The van der Waals surface area contributed by atoms with Crippen LogP contribution in [0, 0.1) is 0 Å². The van der Waals surface area contributed by atoms with E-state index in [2.05, 4.69) is 29.6 Å². The maximum Gasteiger partial charge on any atom is 0.310 e. The number of piperidine rings is 1. The van der Waals surface area contributed by atoms with Gasteiger partial charge in [-0.3, -0.25) is 15.2 Å². The van der Waals surface area contributed by atoms with E-state index in [1.807, 2.05) is 67.6 Å². The lowest BCUT2D eigenvalue weighted by Gasteiger charge is -2.39. The zero-order valence-corrected chi connectivity index (χ0v) is 34.5. The van der Waals surface area contributed by atoms with Gasteiger partial charge in [0.25, 0.3) is 0 Å². The van der Waals surface area contributed by atoms with Gasteiger partial charge in [0.2, 0.25) is 0 Å². The second-order valence-electron chi connectivity index (χ2n) is 14.6. The fourth-order valence-corrected chi connectivity index (χ4v) is 7.37. The van der Waals surface area contributed by atoms with Crippen molar-refractivity contribution in [1.82, 2.24) is 10.7 Å². The SMILES string of the molecule is CCC(COC1CNCC(OCc2cc(OC)c3ccccc3c2)C1c1ccc(OCCCOCc2ccccc2OC)cc1)OC(=O)Cc1cccc(CON(O)O)c1. The van der Waals surface area contributed by atoms with Gasteiger partial charge in [0.1, 0.15) is 23.4 Å². The van der Waals surface area contributed by atoms with Crippen LogP contribution in [0.25, 0.3) is 10.8 Å². The first-order valence-corrected chi connectivity index (χ1v) is 20.3. The van der Waals surface area contributed by atoms with E-state index in [4.69, 9.17) is 48.4 Å². The topological polar surface area (TPSA) is 147 Å². The van der Waals surface area contributed by atoms with Gasteiger partial charge < -0.3 is 38.5 Å². The normalized spacial score (nSPS) is 17.1. The molecule has 1 aliphatic rings. The molecule has 60 heavy (non-hydrogen) atoms. The molecule has 320 valence electrons. The summed E-state index contributed by atoms with van der Waals surface area (Å²) in [5, 5.41) is 23.0. The minimum absolute atomic E-state index is 0.0414. The third-order valence-corrected chi connectivity index (χ3v) is 10.4. The summed E-state index contributed by atoms with van der Waals surface area (Å²) < 4.78 is 42.4. The first-order chi connectivity index (χ1) is 29.3. The Bertz CT molecular complexity index is 2080. The summed E-state index contributed by atoms with van der Waals surface area (Å²) in [6.45, 7) is 5.20. The maximum absolute atomic E-state index is 13.1. The molecule has 0 amide bonds. The molecule has 1 fully saturated rings. The standard InChI is InChI=1S/C47H56N2O11/c1-4-39(60-46(50)26-33-11-9-12-34(23-33)30-59-49(51)52)32-58-45-28-48-27-44(57-29-35-24-37-13-5-7-15-41(37)43(25-35)54-3)47(45)36-17-19-40(20-18-36)56-22-10-21-55-31-38-14-6-8-16-42(38)53-2/h5-9,11-20,23-25,39,44-45,47-48,51-52H,4,10,21-22,26-32H2,1-3H3. The van der Waals surface area contributed by atoms with Crippen molar-refractivity contribution < 1.29 is 53.2 Å². The predicted octanol–water partition coefficient (Wildman–Crippen LogP) is 7.58. The number of carbonyl (C=O) groups is 1. The monoisotopic (exact) mass is 824 g/mol. The van der Waals surface area contributed by atoms with Gasteiger partial charge >= 0.3 is 5.97 Å². The molecule has 4 unspecified atom stereocenters. The molecule has 0 aliphatic carbocycles. The molecule has 3 N–H and O–H groups in total. The second-order valence-corrected chi connectivity index (χ2v) is 14.6. The van der Waals surface area contributed by atoms with E-state index in [9.17, 15) is 4.79 Å². The Hall–Kier alpha value is -5.09. The molecule has 6 rings (SSSR count). The molecule has 0 radical (unpaired) electrons. The lowest BCUT2D eigenvalue weighted by molar-refractivity contribution is -0.497. The van der Waals surface area contributed by atoms with Crippen molar-refractivity contribution in [2.45, 2.75) is 70.2 Å². The van der Waals surface area contributed by atoms with E-state index in [0.29, 0.717) is 57.1 Å². The molecule has 0 aromatic heterocycles. The summed E-state index contributed by atoms with van der Waals surface area (Å²) in [7, 11) is 3.34. The summed E-state index contributed by atoms with van der Waals surface area (Å²) in [6.07, 6.45) is 0.339. The second kappa shape index (κ2) is 23.1. The summed E-state index contributed by atoms with van der Waals surface area (Å²) >= 11 is 0. The molecule has 1 aliphatic heterocycles. The third kappa shape index (κ3) is 13.0. The van der Waals surface area contributed by atoms with E-state index in [0.717, 1.165) is 51.1 Å². The highest BCUT2D eigenvalue weighted by Gasteiger charge is 2.37. The summed E-state index contributed by atoms with van der Waals surface area (Å²) in [5.41, 5.74) is 4.44. The number of nitrogens with zero attached hydrogens (tertiary/aromatic N) is 1. The molecule has 5 aromatic rings. The third-order valence-electron chi connectivity index (χ3n) is 10.4. The zero-order valence-electron chi connectivity index (χ0n) is 34.5. The Balaban J connectivity index is 1.09. The van der Waals surface area contributed by atoms with Crippen LogP contribution >= 0.6 is 0 Å². The highest BCUT2D eigenvalue weighted by molar-refractivity contribution is 5.89. The summed E-state index contributed by atoms with van der Waals surface area (Å²) in [6, 6.07) is 35.3. The number of para-hydroxylation sites is 1. The number of nitrogens with one attached hydrogen (secondary N) is 1. The van der Waals surface area contributed by atoms with Crippen molar-refractivity contribution >= 4 is 16.7 Å². The predicted molar refractivity (Wildman–Crippen MR) is 224 cm³/mol. The highest BCUT2D eigenvalue weighted by atomic mass is 17.1. The van der Waals surface area contributed by atoms with E-state index >= 15 is 0 Å². The van der Waals surface area contributed by atoms with Crippen LogP contribution in [0.4, 0.5) is 0 Å². The Kier molecular flexibility index (Phi) is 17.1. The number of esters is 1. The number of methoxy groups -OCH3 is 2. The molecular weight excluding hydrogens is 769 g/mol. The van der Waals surface area contributed by atoms with Crippen molar-refractivity contribution in [2.24, 2.45) is 0 Å². The molecule has 13 nitrogen and oxygen atoms in total. The minimum atomic E-state index is -0.470. The van der Waals surface area contributed by atoms with E-state index in [1.165, 1.54) is 0 Å². The number of rotatable bonds is 23. The Morgan fingerprint density at radius 3 is 2.30 bits per heavy atom. The van der Waals surface area contributed by atoms with Crippen molar-refractivity contribution in [3.63, 3.8) is 0 Å². The Morgan fingerprint density at radius 2 is 1.52 bits per heavy atom. The summed E-state index contributed by atoms with van der Waals surface area (Å²) in [5.74, 6) is 1.84. The van der Waals surface area contributed by atoms with Crippen LogP contribution in [0.15, 0.2) is 109 Å². The molecule has 13 heteroatoms. The fraction of sp³-hybridized carbons (Fsp3) is 0.383. The van der Waals surface area contributed by atoms with Crippen molar-refractivity contribution in [3.05, 3.63) is 137 Å². The minimum Gasteiger partial charge on any atom is -0.496 e. The molecule has 4 atom stereocenters. The van der Waals surface area contributed by atoms with Gasteiger partial charge in [-0.15, -0.1) is 0 Å². The van der Waals surface area contributed by atoms with Gasteiger partial charge in [0, 0.05) is 36.4 Å². The first kappa shape index (κ1) is 44.5. The maximum atomic E-state index is 13.1. The highest BCUT2D eigenvalue weighted by Crippen LogP contribution is 2.34. The van der Waals surface area contributed by atoms with Crippen LogP contribution in [0.1, 0.15) is 53.5 Å². The molecule has 0 spiro atoms. The number of ether oxygens (including phenoxy) is 7. The van der Waals surface area contributed by atoms with Gasteiger partial charge in [-0.05, 0) is 64.4 Å². The molecule has 0 saturated carbocycles. The van der Waals surface area contributed by atoms with Gasteiger partial charge in [0.15, 0.2) is 0 Å². The largest absolute Gasteiger partial charge is 0.496 e.